The molecule has 1 aromatic carbocycles. The fraction of sp³-hybridized carbons (Fsp3) is 0.364. The normalized spacial score (nSPS) is 8.07. The summed E-state index contributed by atoms with van der Waals surface area (Å²) >= 11 is 0. The van der Waals surface area contributed by atoms with Gasteiger partial charge in [-0.05, 0) is 19.1 Å². The van der Waals surface area contributed by atoms with Crippen molar-refractivity contribution < 1.29 is 14.6 Å². The number of hydrogen-bond acceptors (Lipinski definition) is 2. The Morgan fingerprint density at radius 2 is 1.79 bits per heavy atom. The lowest BCUT2D eigenvalue weighted by molar-refractivity contribution is -0.139. The number of carboxylic acid groups (broad SMARTS) is 1. The molecule has 0 fully saturated rings. The van der Waals surface area contributed by atoms with Gasteiger partial charge < -0.3 is 9.84 Å². The van der Waals surface area contributed by atoms with Crippen LogP contribution in [0, 0.1) is 6.92 Å². The van der Waals surface area contributed by atoms with Crippen LogP contribution in [-0.4, -0.2) is 17.7 Å². The van der Waals surface area contributed by atoms with Gasteiger partial charge >= 0.3 is 5.97 Å². The summed E-state index contributed by atoms with van der Waals surface area (Å²) in [7, 11) is 0. The summed E-state index contributed by atoms with van der Waals surface area (Å²) in [6.07, 6.45) is 0. The molecule has 0 radical (unpaired) electrons. The van der Waals surface area contributed by atoms with E-state index in [4.69, 9.17) is 9.84 Å². The van der Waals surface area contributed by atoms with E-state index >= 15 is 0 Å². The Balaban J connectivity index is 0. The van der Waals surface area contributed by atoms with Gasteiger partial charge in [0, 0.05) is 0 Å². The van der Waals surface area contributed by atoms with Gasteiger partial charge in [0.05, 0.1) is 0 Å². The summed E-state index contributed by atoms with van der Waals surface area (Å²) in [6.45, 7) is 1.67. The molecule has 0 saturated carbocycles. The highest BCUT2D eigenvalue weighted by Crippen LogP contribution is 2.10. The van der Waals surface area contributed by atoms with E-state index < -0.39 is 5.97 Å². The lowest BCUT2D eigenvalue weighted by Gasteiger charge is -2.01. The van der Waals surface area contributed by atoms with E-state index in [1.165, 1.54) is 0 Å². The van der Waals surface area contributed by atoms with E-state index in [1.807, 2.05) is 19.1 Å². The predicted octanol–water partition coefficient (Wildman–Crippen LogP) is 2.73. The molecule has 14 heavy (non-hydrogen) atoms. The van der Waals surface area contributed by atoms with Gasteiger partial charge in [0.2, 0.25) is 0 Å². The Hall–Kier alpha value is -1.51. The smallest absolute Gasteiger partial charge is 0.341 e. The lowest BCUT2D eigenvalue weighted by Crippen LogP contribution is -2.09. The number of carbonyl (C=O) groups is 1. The van der Waals surface area contributed by atoms with Crippen LogP contribution in [-0.2, 0) is 4.79 Å². The third kappa shape index (κ3) is 5.19. The van der Waals surface area contributed by atoms with Crippen molar-refractivity contribution >= 4 is 5.97 Å². The minimum Gasteiger partial charge on any atom is -0.482 e. The summed E-state index contributed by atoms with van der Waals surface area (Å²) in [6, 6.07) is 7.24. The first kappa shape index (κ1) is 15.0. The minimum absolute atomic E-state index is 0. The van der Waals surface area contributed by atoms with Gasteiger partial charge in [0.1, 0.15) is 5.75 Å². The quantitative estimate of drug-likeness (QED) is 0.812. The van der Waals surface area contributed by atoms with Crippen molar-refractivity contribution in [2.75, 3.05) is 6.61 Å². The Labute approximate surface area is 85.3 Å². The highest BCUT2D eigenvalue weighted by Gasteiger charge is 1.97. The first-order valence-electron chi connectivity index (χ1n) is 3.60. The van der Waals surface area contributed by atoms with Gasteiger partial charge in [-0.1, -0.05) is 32.5 Å². The monoisotopic (exact) mass is 198 g/mol. The van der Waals surface area contributed by atoms with Crippen LogP contribution in [0.1, 0.15) is 20.4 Å². The molecule has 0 aromatic heterocycles. The predicted molar refractivity (Wildman–Crippen MR) is 57.8 cm³/mol. The highest BCUT2D eigenvalue weighted by atomic mass is 16.5. The molecule has 0 aliphatic rings. The Kier molecular flexibility index (Phi) is 7.44. The standard InChI is InChI=1S/C9H10O3.2CH4/c1-7-2-4-8(5-3-7)12-6-9(10)11;;/h2-5H,6H2,1H3,(H,10,11);2*1H4. The maximum Gasteiger partial charge on any atom is 0.341 e. The van der Waals surface area contributed by atoms with Crippen LogP contribution < -0.4 is 4.74 Å². The lowest BCUT2D eigenvalue weighted by atomic mass is 10.2. The average molecular weight is 198 g/mol. The van der Waals surface area contributed by atoms with Crippen LogP contribution in [0.2, 0.25) is 0 Å². The topological polar surface area (TPSA) is 46.5 Å². The third-order valence-corrected chi connectivity index (χ3v) is 1.38. The molecule has 1 aromatic rings. The molecule has 3 heteroatoms. The fourth-order valence-electron chi connectivity index (χ4n) is 0.780. The minimum atomic E-state index is -0.962. The number of aliphatic carboxylic acids is 1. The molecular weight excluding hydrogens is 180 g/mol. The first-order valence-corrected chi connectivity index (χ1v) is 3.60. The number of carboxylic acids is 1. The van der Waals surface area contributed by atoms with Gasteiger partial charge in [-0.15, -0.1) is 0 Å². The Bertz CT molecular complexity index is 264. The molecular formula is C11H18O3. The zero-order valence-electron chi connectivity index (χ0n) is 6.78. The molecule has 0 saturated heterocycles. The summed E-state index contributed by atoms with van der Waals surface area (Å²) < 4.78 is 4.92. The molecule has 1 N–H and O–H groups in total. The van der Waals surface area contributed by atoms with Gasteiger partial charge in [0.25, 0.3) is 0 Å². The molecule has 0 aliphatic carbocycles. The van der Waals surface area contributed by atoms with Gasteiger partial charge in [0.15, 0.2) is 6.61 Å². The molecule has 80 valence electrons. The van der Waals surface area contributed by atoms with Crippen LogP contribution in [0.15, 0.2) is 24.3 Å². The van der Waals surface area contributed by atoms with Crippen molar-refractivity contribution in [2.45, 2.75) is 21.8 Å². The van der Waals surface area contributed by atoms with Crippen molar-refractivity contribution in [2.24, 2.45) is 0 Å². The second-order valence-corrected chi connectivity index (χ2v) is 2.50. The van der Waals surface area contributed by atoms with Crippen LogP contribution in [0.4, 0.5) is 0 Å². The SMILES string of the molecule is C.C.Cc1ccc(OCC(=O)O)cc1. The molecule has 0 heterocycles. The highest BCUT2D eigenvalue weighted by molar-refractivity contribution is 5.68. The molecule has 0 unspecified atom stereocenters. The van der Waals surface area contributed by atoms with Crippen molar-refractivity contribution in [3.05, 3.63) is 29.8 Å². The summed E-state index contributed by atoms with van der Waals surface area (Å²) in [4.78, 5) is 10.1. The van der Waals surface area contributed by atoms with Crippen molar-refractivity contribution in [3.8, 4) is 5.75 Å². The van der Waals surface area contributed by atoms with E-state index in [0.29, 0.717) is 5.75 Å². The summed E-state index contributed by atoms with van der Waals surface area (Å²) in [5, 5.41) is 8.30. The number of hydrogen-bond donors (Lipinski definition) is 1. The van der Waals surface area contributed by atoms with E-state index in [9.17, 15) is 4.79 Å². The van der Waals surface area contributed by atoms with Crippen LogP contribution in [0.3, 0.4) is 0 Å². The maximum atomic E-state index is 10.1. The van der Waals surface area contributed by atoms with Crippen LogP contribution >= 0.6 is 0 Å². The van der Waals surface area contributed by atoms with Crippen molar-refractivity contribution in [3.63, 3.8) is 0 Å². The first-order chi connectivity index (χ1) is 5.68. The molecule has 0 aliphatic heterocycles. The molecule has 3 nitrogen and oxygen atoms in total. The van der Waals surface area contributed by atoms with E-state index in [1.54, 1.807) is 12.1 Å². The zero-order chi connectivity index (χ0) is 8.97. The zero-order valence-corrected chi connectivity index (χ0v) is 6.78. The van der Waals surface area contributed by atoms with Crippen molar-refractivity contribution in [1.82, 2.24) is 0 Å². The third-order valence-electron chi connectivity index (χ3n) is 1.38. The number of benzene rings is 1. The largest absolute Gasteiger partial charge is 0.482 e. The molecule has 0 atom stereocenters. The van der Waals surface area contributed by atoms with Crippen molar-refractivity contribution in [1.29, 1.82) is 0 Å². The fourth-order valence-corrected chi connectivity index (χ4v) is 0.780. The van der Waals surface area contributed by atoms with Gasteiger partial charge in [-0.3, -0.25) is 0 Å². The number of aryl methyl sites for hydroxylation is 1. The number of rotatable bonds is 3. The van der Waals surface area contributed by atoms with E-state index in [2.05, 4.69) is 0 Å². The maximum absolute atomic E-state index is 10.1. The van der Waals surface area contributed by atoms with Crippen LogP contribution in [0.25, 0.3) is 0 Å². The second kappa shape index (κ2) is 6.95. The van der Waals surface area contributed by atoms with E-state index in [-0.39, 0.29) is 21.5 Å². The number of ether oxygens (including phenoxy) is 1. The Morgan fingerprint density at radius 1 is 1.29 bits per heavy atom. The summed E-state index contributed by atoms with van der Waals surface area (Å²) in [5.41, 5.74) is 1.12. The second-order valence-electron chi connectivity index (χ2n) is 2.50. The van der Waals surface area contributed by atoms with Gasteiger partial charge in [-0.25, -0.2) is 4.79 Å². The molecule has 0 amide bonds. The molecule has 0 spiro atoms. The van der Waals surface area contributed by atoms with Gasteiger partial charge in [-0.2, -0.15) is 0 Å². The van der Waals surface area contributed by atoms with E-state index in [0.717, 1.165) is 5.56 Å². The molecule has 0 bridgehead atoms. The summed E-state index contributed by atoms with van der Waals surface area (Å²) in [5.74, 6) is -0.376. The Morgan fingerprint density at radius 3 is 2.21 bits per heavy atom. The van der Waals surface area contributed by atoms with Crippen LogP contribution in [0.5, 0.6) is 5.75 Å². The molecule has 1 rings (SSSR count). The average Bonchev–Trinajstić information content (AvgIpc) is 2.03.